The topological polar surface area (TPSA) is 77.7 Å². The first-order chi connectivity index (χ1) is 13.7. The molecule has 7 nitrogen and oxygen atoms in total. The van der Waals surface area contributed by atoms with Gasteiger partial charge >= 0.3 is 0 Å². The SMILES string of the molecule is COc1ccc(CN2CC(c3nc(-c4cccc(OC)c4)no3)CC2=O)cc1. The molecule has 0 saturated carbocycles. The zero-order valence-corrected chi connectivity index (χ0v) is 15.8. The number of ether oxygens (including phenoxy) is 2. The minimum Gasteiger partial charge on any atom is -0.497 e. The third-order valence-electron chi connectivity index (χ3n) is 4.87. The zero-order chi connectivity index (χ0) is 19.5. The van der Waals surface area contributed by atoms with E-state index in [-0.39, 0.29) is 11.8 Å². The highest BCUT2D eigenvalue weighted by atomic mass is 16.5. The van der Waals surface area contributed by atoms with Crippen molar-refractivity contribution in [2.24, 2.45) is 0 Å². The van der Waals surface area contributed by atoms with E-state index in [4.69, 9.17) is 14.0 Å². The zero-order valence-electron chi connectivity index (χ0n) is 15.8. The fourth-order valence-electron chi connectivity index (χ4n) is 3.32. The molecule has 0 N–H and O–H groups in total. The fraction of sp³-hybridized carbons (Fsp3) is 0.286. The van der Waals surface area contributed by atoms with Crippen molar-refractivity contribution in [2.45, 2.75) is 18.9 Å². The Kier molecular flexibility index (Phi) is 4.97. The standard InChI is InChI=1S/C21H21N3O4/c1-26-17-8-6-14(7-9-17)12-24-13-16(11-19(24)25)21-22-20(23-28-21)15-4-3-5-18(10-15)27-2/h3-10,16H,11-13H2,1-2H3. The fourth-order valence-corrected chi connectivity index (χ4v) is 3.32. The van der Waals surface area contributed by atoms with Gasteiger partial charge in [-0.1, -0.05) is 29.4 Å². The first-order valence-electron chi connectivity index (χ1n) is 9.05. The lowest BCUT2D eigenvalue weighted by molar-refractivity contribution is -0.128. The molecule has 1 amide bonds. The number of likely N-dealkylation sites (tertiary alicyclic amines) is 1. The van der Waals surface area contributed by atoms with Crippen molar-refractivity contribution in [2.75, 3.05) is 20.8 Å². The van der Waals surface area contributed by atoms with Crippen LogP contribution in [0, 0.1) is 0 Å². The molecule has 1 atom stereocenters. The van der Waals surface area contributed by atoms with Crippen molar-refractivity contribution < 1.29 is 18.8 Å². The molecule has 0 radical (unpaired) electrons. The molecular weight excluding hydrogens is 358 g/mol. The van der Waals surface area contributed by atoms with Gasteiger partial charge in [0.2, 0.25) is 17.6 Å². The van der Waals surface area contributed by atoms with Crippen LogP contribution < -0.4 is 9.47 Å². The summed E-state index contributed by atoms with van der Waals surface area (Å²) in [6, 6.07) is 15.2. The van der Waals surface area contributed by atoms with Gasteiger partial charge in [-0.2, -0.15) is 4.98 Å². The lowest BCUT2D eigenvalue weighted by atomic mass is 10.1. The number of carbonyl (C=O) groups is 1. The van der Waals surface area contributed by atoms with Crippen LogP contribution in [0.15, 0.2) is 53.1 Å². The highest BCUT2D eigenvalue weighted by Gasteiger charge is 2.34. The van der Waals surface area contributed by atoms with E-state index in [2.05, 4.69) is 10.1 Å². The molecule has 1 aliphatic rings. The van der Waals surface area contributed by atoms with E-state index in [0.717, 1.165) is 22.6 Å². The van der Waals surface area contributed by atoms with E-state index >= 15 is 0 Å². The molecule has 7 heteroatoms. The second-order valence-electron chi connectivity index (χ2n) is 6.71. The summed E-state index contributed by atoms with van der Waals surface area (Å²) in [6.07, 6.45) is 0.371. The minimum absolute atomic E-state index is 0.0851. The lowest BCUT2D eigenvalue weighted by Crippen LogP contribution is -2.24. The second kappa shape index (κ2) is 7.72. The van der Waals surface area contributed by atoms with E-state index < -0.39 is 0 Å². The van der Waals surface area contributed by atoms with E-state index in [1.54, 1.807) is 14.2 Å². The maximum absolute atomic E-state index is 12.4. The number of hydrogen-bond donors (Lipinski definition) is 0. The molecule has 2 heterocycles. The predicted molar refractivity (Wildman–Crippen MR) is 102 cm³/mol. The molecule has 0 spiro atoms. The number of methoxy groups -OCH3 is 2. The number of hydrogen-bond acceptors (Lipinski definition) is 6. The van der Waals surface area contributed by atoms with Crippen molar-refractivity contribution in [1.29, 1.82) is 0 Å². The third kappa shape index (κ3) is 3.69. The van der Waals surface area contributed by atoms with Gasteiger partial charge in [-0.05, 0) is 29.8 Å². The molecule has 0 aliphatic carbocycles. The van der Waals surface area contributed by atoms with Gasteiger partial charge in [-0.25, -0.2) is 0 Å². The Hall–Kier alpha value is -3.35. The number of nitrogens with zero attached hydrogens (tertiary/aromatic N) is 3. The van der Waals surface area contributed by atoms with Crippen LogP contribution in [0.5, 0.6) is 11.5 Å². The van der Waals surface area contributed by atoms with E-state index in [0.29, 0.717) is 31.2 Å². The van der Waals surface area contributed by atoms with Crippen molar-refractivity contribution >= 4 is 5.91 Å². The van der Waals surface area contributed by atoms with Crippen molar-refractivity contribution in [3.05, 3.63) is 60.0 Å². The molecule has 0 bridgehead atoms. The van der Waals surface area contributed by atoms with Crippen LogP contribution in [-0.2, 0) is 11.3 Å². The number of aromatic nitrogens is 2. The number of rotatable bonds is 6. The summed E-state index contributed by atoms with van der Waals surface area (Å²) in [5.41, 5.74) is 1.87. The molecule has 1 aromatic heterocycles. The average Bonchev–Trinajstić information content (AvgIpc) is 3.36. The van der Waals surface area contributed by atoms with E-state index in [1.807, 2.05) is 53.4 Å². The molecule has 3 aromatic rings. The largest absolute Gasteiger partial charge is 0.497 e. The first kappa shape index (κ1) is 18.0. The smallest absolute Gasteiger partial charge is 0.232 e. The molecule has 28 heavy (non-hydrogen) atoms. The Bertz CT molecular complexity index is 968. The van der Waals surface area contributed by atoms with Gasteiger partial charge in [-0.15, -0.1) is 0 Å². The first-order valence-corrected chi connectivity index (χ1v) is 9.05. The maximum Gasteiger partial charge on any atom is 0.232 e. The quantitative estimate of drug-likeness (QED) is 0.654. The summed E-state index contributed by atoms with van der Waals surface area (Å²) in [5, 5.41) is 4.07. The molecule has 144 valence electrons. The van der Waals surface area contributed by atoms with Gasteiger partial charge in [0.1, 0.15) is 11.5 Å². The highest BCUT2D eigenvalue weighted by molar-refractivity contribution is 5.79. The monoisotopic (exact) mass is 379 g/mol. The summed E-state index contributed by atoms with van der Waals surface area (Å²) in [6.45, 7) is 1.11. The van der Waals surface area contributed by atoms with Crippen molar-refractivity contribution in [3.63, 3.8) is 0 Å². The Morgan fingerprint density at radius 1 is 1.11 bits per heavy atom. The van der Waals surface area contributed by atoms with Crippen LogP contribution in [0.25, 0.3) is 11.4 Å². The summed E-state index contributed by atoms with van der Waals surface area (Å²) >= 11 is 0. The van der Waals surface area contributed by atoms with Crippen LogP contribution in [0.3, 0.4) is 0 Å². The highest BCUT2D eigenvalue weighted by Crippen LogP contribution is 2.30. The molecule has 1 saturated heterocycles. The second-order valence-corrected chi connectivity index (χ2v) is 6.71. The van der Waals surface area contributed by atoms with Gasteiger partial charge < -0.3 is 18.9 Å². The number of amides is 1. The van der Waals surface area contributed by atoms with Crippen LogP contribution in [0.4, 0.5) is 0 Å². The van der Waals surface area contributed by atoms with Gasteiger partial charge in [0.15, 0.2) is 0 Å². The molecule has 2 aromatic carbocycles. The van der Waals surface area contributed by atoms with Crippen molar-refractivity contribution in [3.8, 4) is 22.9 Å². The number of carbonyl (C=O) groups excluding carboxylic acids is 1. The Balaban J connectivity index is 1.45. The summed E-state index contributed by atoms with van der Waals surface area (Å²) in [7, 11) is 3.25. The molecule has 1 aliphatic heterocycles. The summed E-state index contributed by atoms with van der Waals surface area (Å²) in [4.78, 5) is 18.8. The van der Waals surface area contributed by atoms with Crippen LogP contribution in [0.1, 0.15) is 23.8 Å². The normalized spacial score (nSPS) is 16.4. The Morgan fingerprint density at radius 2 is 1.89 bits per heavy atom. The van der Waals surface area contributed by atoms with E-state index in [9.17, 15) is 4.79 Å². The molecule has 1 unspecified atom stereocenters. The van der Waals surface area contributed by atoms with E-state index in [1.165, 1.54) is 0 Å². The summed E-state index contributed by atoms with van der Waals surface area (Å²) < 4.78 is 15.9. The van der Waals surface area contributed by atoms with Gasteiger partial charge in [0, 0.05) is 25.1 Å². The van der Waals surface area contributed by atoms with Crippen molar-refractivity contribution in [1.82, 2.24) is 15.0 Å². The molecular formula is C21H21N3O4. The van der Waals surface area contributed by atoms with Crippen LogP contribution >= 0.6 is 0 Å². The maximum atomic E-state index is 12.4. The van der Waals surface area contributed by atoms with Gasteiger partial charge in [0.25, 0.3) is 0 Å². The molecule has 1 fully saturated rings. The number of benzene rings is 2. The Labute approximate surface area is 162 Å². The Morgan fingerprint density at radius 3 is 2.64 bits per heavy atom. The van der Waals surface area contributed by atoms with Gasteiger partial charge in [-0.3, -0.25) is 4.79 Å². The average molecular weight is 379 g/mol. The summed E-state index contributed by atoms with van der Waals surface area (Å²) in [5.74, 6) is 2.49. The lowest BCUT2D eigenvalue weighted by Gasteiger charge is -2.16. The van der Waals surface area contributed by atoms with Crippen LogP contribution in [0.2, 0.25) is 0 Å². The minimum atomic E-state index is -0.0994. The van der Waals surface area contributed by atoms with Crippen LogP contribution in [-0.4, -0.2) is 41.7 Å². The molecule has 4 rings (SSSR count). The van der Waals surface area contributed by atoms with Gasteiger partial charge in [0.05, 0.1) is 20.1 Å². The predicted octanol–water partition coefficient (Wildman–Crippen LogP) is 3.27. The third-order valence-corrected chi connectivity index (χ3v) is 4.87.